The van der Waals surface area contributed by atoms with Gasteiger partial charge in [0.2, 0.25) is 0 Å². The highest BCUT2D eigenvalue weighted by Crippen LogP contribution is 2.24. The number of hydrogen-bond donors (Lipinski definition) is 0. The molecule has 3 aromatic rings. The molecular formula is C21H21N3O5S. The lowest BCUT2D eigenvalue weighted by Crippen LogP contribution is -2.43. The number of benzene rings is 1. The Labute approximate surface area is 174 Å². The summed E-state index contributed by atoms with van der Waals surface area (Å²) in [6.07, 6.45) is 1.92. The fourth-order valence-electron chi connectivity index (χ4n) is 3.64. The SMILES string of the molecule is Cc1cccc2nc(C(=O)OCC(=O)N(c3ccccc3)C3CCS(=O)(=O)C3)cn12. The average molecular weight is 427 g/mol. The fraction of sp³-hybridized carbons (Fsp3) is 0.286. The number of imidazole rings is 1. The molecule has 1 aromatic carbocycles. The molecule has 3 heterocycles. The van der Waals surface area contributed by atoms with Crippen LogP contribution in [-0.4, -0.2) is 53.8 Å². The second-order valence-electron chi connectivity index (χ2n) is 7.25. The minimum atomic E-state index is -3.19. The van der Waals surface area contributed by atoms with Gasteiger partial charge in [0.25, 0.3) is 5.91 Å². The van der Waals surface area contributed by atoms with Crippen molar-refractivity contribution < 1.29 is 22.7 Å². The maximum absolute atomic E-state index is 12.9. The van der Waals surface area contributed by atoms with Crippen molar-refractivity contribution in [3.8, 4) is 0 Å². The van der Waals surface area contributed by atoms with Crippen LogP contribution in [0.3, 0.4) is 0 Å². The summed E-state index contributed by atoms with van der Waals surface area (Å²) in [5.41, 5.74) is 2.19. The third-order valence-electron chi connectivity index (χ3n) is 5.11. The van der Waals surface area contributed by atoms with Crippen LogP contribution in [0.15, 0.2) is 54.7 Å². The van der Waals surface area contributed by atoms with E-state index in [1.807, 2.05) is 25.1 Å². The van der Waals surface area contributed by atoms with Crippen LogP contribution in [0.1, 0.15) is 22.6 Å². The number of anilines is 1. The van der Waals surface area contributed by atoms with E-state index in [9.17, 15) is 18.0 Å². The lowest BCUT2D eigenvalue weighted by atomic mass is 10.2. The molecule has 156 valence electrons. The molecule has 30 heavy (non-hydrogen) atoms. The summed E-state index contributed by atoms with van der Waals surface area (Å²) in [7, 11) is -3.19. The first-order valence-corrected chi connectivity index (χ1v) is 11.4. The van der Waals surface area contributed by atoms with Gasteiger partial charge >= 0.3 is 5.97 Å². The Morgan fingerprint density at radius 1 is 1.17 bits per heavy atom. The average Bonchev–Trinajstić information content (AvgIpc) is 3.31. The molecule has 9 heteroatoms. The van der Waals surface area contributed by atoms with E-state index in [0.717, 1.165) is 5.69 Å². The Balaban J connectivity index is 1.51. The number of carbonyl (C=O) groups excluding carboxylic acids is 2. The van der Waals surface area contributed by atoms with Gasteiger partial charge in [0, 0.05) is 17.6 Å². The van der Waals surface area contributed by atoms with Crippen LogP contribution < -0.4 is 4.90 Å². The van der Waals surface area contributed by atoms with E-state index in [1.165, 1.54) is 4.90 Å². The van der Waals surface area contributed by atoms with Crippen LogP contribution in [0, 0.1) is 6.92 Å². The number of para-hydroxylation sites is 1. The number of rotatable bonds is 5. The number of amides is 1. The van der Waals surface area contributed by atoms with Gasteiger partial charge in [0.1, 0.15) is 5.65 Å². The number of carbonyl (C=O) groups is 2. The van der Waals surface area contributed by atoms with Crippen molar-refractivity contribution in [2.45, 2.75) is 19.4 Å². The third kappa shape index (κ3) is 4.06. The molecule has 4 rings (SSSR count). The predicted octanol–water partition coefficient (Wildman–Crippen LogP) is 2.02. The second-order valence-corrected chi connectivity index (χ2v) is 9.48. The summed E-state index contributed by atoms with van der Waals surface area (Å²) in [6.45, 7) is 1.39. The zero-order valence-electron chi connectivity index (χ0n) is 16.4. The minimum Gasteiger partial charge on any atom is -0.451 e. The molecule has 1 aliphatic rings. The van der Waals surface area contributed by atoms with Crippen molar-refractivity contribution in [1.29, 1.82) is 0 Å². The van der Waals surface area contributed by atoms with Gasteiger partial charge in [0.05, 0.1) is 17.5 Å². The van der Waals surface area contributed by atoms with Gasteiger partial charge in [-0.25, -0.2) is 18.2 Å². The van der Waals surface area contributed by atoms with Gasteiger partial charge in [-0.1, -0.05) is 24.3 Å². The highest BCUT2D eigenvalue weighted by atomic mass is 32.2. The Bertz CT molecular complexity index is 1200. The zero-order chi connectivity index (χ0) is 21.3. The van der Waals surface area contributed by atoms with E-state index in [0.29, 0.717) is 17.8 Å². The van der Waals surface area contributed by atoms with E-state index in [2.05, 4.69) is 4.98 Å². The molecule has 2 aromatic heterocycles. The summed E-state index contributed by atoms with van der Waals surface area (Å²) in [4.78, 5) is 31.0. The Morgan fingerprint density at radius 3 is 2.60 bits per heavy atom. The van der Waals surface area contributed by atoms with Gasteiger partial charge in [-0.05, 0) is 37.6 Å². The smallest absolute Gasteiger partial charge is 0.359 e. The number of ether oxygens (including phenoxy) is 1. The first-order valence-electron chi connectivity index (χ1n) is 9.53. The molecule has 0 saturated carbocycles. The van der Waals surface area contributed by atoms with Crippen molar-refractivity contribution >= 4 is 33.0 Å². The van der Waals surface area contributed by atoms with Gasteiger partial charge in [-0.15, -0.1) is 0 Å². The number of nitrogens with zero attached hydrogens (tertiary/aromatic N) is 3. The molecule has 8 nitrogen and oxygen atoms in total. The van der Waals surface area contributed by atoms with Crippen molar-refractivity contribution in [2.24, 2.45) is 0 Å². The van der Waals surface area contributed by atoms with Crippen LogP contribution in [0.2, 0.25) is 0 Å². The highest BCUT2D eigenvalue weighted by molar-refractivity contribution is 7.91. The summed E-state index contributed by atoms with van der Waals surface area (Å²) in [6, 6.07) is 13.8. The summed E-state index contributed by atoms with van der Waals surface area (Å²) in [5.74, 6) is -1.25. The van der Waals surface area contributed by atoms with Crippen LogP contribution in [-0.2, 0) is 19.4 Å². The maximum atomic E-state index is 12.9. The first kappa shape index (κ1) is 20.1. The first-order chi connectivity index (χ1) is 14.3. The second kappa shape index (κ2) is 7.91. The quantitative estimate of drug-likeness (QED) is 0.578. The van der Waals surface area contributed by atoms with Gasteiger partial charge in [0.15, 0.2) is 22.1 Å². The van der Waals surface area contributed by atoms with Gasteiger partial charge < -0.3 is 14.0 Å². The summed E-state index contributed by atoms with van der Waals surface area (Å²) >= 11 is 0. The number of pyridine rings is 1. The molecule has 1 unspecified atom stereocenters. The van der Waals surface area contributed by atoms with Crippen LogP contribution >= 0.6 is 0 Å². The highest BCUT2D eigenvalue weighted by Gasteiger charge is 2.35. The largest absolute Gasteiger partial charge is 0.451 e. The lowest BCUT2D eigenvalue weighted by molar-refractivity contribution is -0.122. The molecule has 0 spiro atoms. The number of hydrogen-bond acceptors (Lipinski definition) is 6. The molecule has 0 N–H and O–H groups in total. The lowest BCUT2D eigenvalue weighted by Gasteiger charge is -2.28. The Morgan fingerprint density at radius 2 is 1.93 bits per heavy atom. The van der Waals surface area contributed by atoms with Gasteiger partial charge in [-0.3, -0.25) is 4.79 Å². The molecule has 0 aliphatic carbocycles. The minimum absolute atomic E-state index is 0.0364. The Kier molecular flexibility index (Phi) is 5.29. The van der Waals surface area contributed by atoms with Crippen molar-refractivity contribution in [1.82, 2.24) is 9.38 Å². The van der Waals surface area contributed by atoms with Crippen LogP contribution in [0.5, 0.6) is 0 Å². The molecule has 0 bridgehead atoms. The van der Waals surface area contributed by atoms with Crippen molar-refractivity contribution in [2.75, 3.05) is 23.0 Å². The van der Waals surface area contributed by atoms with E-state index in [-0.39, 0.29) is 17.2 Å². The summed E-state index contributed by atoms with van der Waals surface area (Å²) in [5, 5.41) is 0. The number of fused-ring (bicyclic) bond motifs is 1. The van der Waals surface area contributed by atoms with E-state index < -0.39 is 34.4 Å². The fourth-order valence-corrected chi connectivity index (χ4v) is 5.34. The number of sulfone groups is 1. The van der Waals surface area contributed by atoms with E-state index >= 15 is 0 Å². The predicted molar refractivity (Wildman–Crippen MR) is 111 cm³/mol. The van der Waals surface area contributed by atoms with E-state index in [1.54, 1.807) is 40.9 Å². The van der Waals surface area contributed by atoms with Crippen LogP contribution in [0.4, 0.5) is 5.69 Å². The third-order valence-corrected chi connectivity index (χ3v) is 6.86. The van der Waals surface area contributed by atoms with Crippen molar-refractivity contribution in [3.05, 3.63) is 66.1 Å². The monoisotopic (exact) mass is 427 g/mol. The molecule has 1 saturated heterocycles. The molecule has 1 fully saturated rings. The standard InChI is InChI=1S/C21H21N3O5S/c1-15-6-5-9-19-22-18(12-23(15)19)21(26)29-13-20(25)24(16-7-3-2-4-8-16)17-10-11-30(27,28)14-17/h2-9,12,17H,10-11,13-14H2,1H3. The van der Waals surface area contributed by atoms with Crippen LogP contribution in [0.25, 0.3) is 5.65 Å². The number of aryl methyl sites for hydroxylation is 1. The van der Waals surface area contributed by atoms with E-state index in [4.69, 9.17) is 4.74 Å². The maximum Gasteiger partial charge on any atom is 0.359 e. The number of esters is 1. The molecule has 1 aliphatic heterocycles. The normalized spacial score (nSPS) is 17.7. The zero-order valence-corrected chi connectivity index (χ0v) is 17.2. The molecule has 1 atom stereocenters. The molecule has 1 amide bonds. The topological polar surface area (TPSA) is 98.0 Å². The molecular weight excluding hydrogens is 406 g/mol. The molecule has 0 radical (unpaired) electrons. The summed E-state index contributed by atoms with van der Waals surface area (Å²) < 4.78 is 30.8. The van der Waals surface area contributed by atoms with Crippen molar-refractivity contribution in [3.63, 3.8) is 0 Å². The number of aromatic nitrogens is 2. The van der Waals surface area contributed by atoms with Gasteiger partial charge in [-0.2, -0.15) is 0 Å². The Hall–Kier alpha value is -3.20.